The summed E-state index contributed by atoms with van der Waals surface area (Å²) in [7, 11) is 4.35. The summed E-state index contributed by atoms with van der Waals surface area (Å²) in [6.07, 6.45) is 6.28. The van der Waals surface area contributed by atoms with Crippen molar-refractivity contribution in [1.29, 1.82) is 0 Å². The highest BCUT2D eigenvalue weighted by Crippen LogP contribution is 2.26. The first kappa shape index (κ1) is 14.4. The van der Waals surface area contributed by atoms with Crippen molar-refractivity contribution in [3.63, 3.8) is 0 Å². The number of nitrogens with two attached hydrogens (primary N) is 1. The lowest BCUT2D eigenvalue weighted by atomic mass is 9.97. The van der Waals surface area contributed by atoms with Gasteiger partial charge in [0.25, 0.3) is 0 Å². The van der Waals surface area contributed by atoms with Crippen LogP contribution in [0.1, 0.15) is 30.0 Å². The Hall–Kier alpha value is -0.970. The highest BCUT2D eigenvalue weighted by atomic mass is 15.2. The predicted octanol–water partition coefficient (Wildman–Crippen LogP) is 1.42. The molecule has 0 saturated carbocycles. The minimum absolute atomic E-state index is 0.316. The Balaban J connectivity index is 2.06. The number of rotatable bonds is 4. The first-order valence-corrected chi connectivity index (χ1v) is 7.14. The summed E-state index contributed by atoms with van der Waals surface area (Å²) < 4.78 is 0. The number of nitrogens with zero attached hydrogens (tertiary/aromatic N) is 3. The van der Waals surface area contributed by atoms with Crippen molar-refractivity contribution >= 4 is 0 Å². The molecule has 2 N–H and O–H groups in total. The van der Waals surface area contributed by atoms with Gasteiger partial charge in [-0.3, -0.25) is 9.88 Å². The molecule has 2 rings (SSSR count). The van der Waals surface area contributed by atoms with Crippen LogP contribution in [-0.4, -0.2) is 54.6 Å². The van der Waals surface area contributed by atoms with Crippen molar-refractivity contribution in [2.24, 2.45) is 5.73 Å². The van der Waals surface area contributed by atoms with Gasteiger partial charge in [-0.2, -0.15) is 0 Å². The molecule has 1 fully saturated rings. The molecule has 19 heavy (non-hydrogen) atoms. The van der Waals surface area contributed by atoms with Gasteiger partial charge < -0.3 is 10.6 Å². The van der Waals surface area contributed by atoms with Gasteiger partial charge in [-0.05, 0) is 51.1 Å². The fourth-order valence-electron chi connectivity index (χ4n) is 3.01. The SMILES string of the molecule is Cc1ccncc1C(CN)N1CCC(N(C)C)CC1. The molecule has 1 aliphatic heterocycles. The summed E-state index contributed by atoms with van der Waals surface area (Å²) in [6, 6.07) is 3.10. The van der Waals surface area contributed by atoms with Crippen molar-refractivity contribution in [3.8, 4) is 0 Å². The van der Waals surface area contributed by atoms with Gasteiger partial charge in [0, 0.05) is 44.1 Å². The largest absolute Gasteiger partial charge is 0.329 e. The van der Waals surface area contributed by atoms with Crippen LogP contribution in [0.5, 0.6) is 0 Å². The number of hydrogen-bond acceptors (Lipinski definition) is 4. The number of hydrogen-bond donors (Lipinski definition) is 1. The Bertz CT molecular complexity index is 397. The molecule has 1 aromatic rings. The van der Waals surface area contributed by atoms with Crippen molar-refractivity contribution < 1.29 is 0 Å². The summed E-state index contributed by atoms with van der Waals surface area (Å²) in [5.41, 5.74) is 8.60. The normalized spacial score (nSPS) is 19.8. The summed E-state index contributed by atoms with van der Waals surface area (Å²) in [5, 5.41) is 0. The lowest BCUT2D eigenvalue weighted by Gasteiger charge is -2.39. The van der Waals surface area contributed by atoms with E-state index < -0.39 is 0 Å². The average molecular weight is 262 g/mol. The van der Waals surface area contributed by atoms with Crippen LogP contribution in [-0.2, 0) is 0 Å². The second-order valence-corrected chi connectivity index (χ2v) is 5.71. The van der Waals surface area contributed by atoms with Crippen molar-refractivity contribution in [2.45, 2.75) is 31.8 Å². The maximum absolute atomic E-state index is 6.02. The first-order valence-electron chi connectivity index (χ1n) is 7.14. The molecule has 1 saturated heterocycles. The number of piperidine rings is 1. The van der Waals surface area contributed by atoms with Gasteiger partial charge in [-0.15, -0.1) is 0 Å². The van der Waals surface area contributed by atoms with Gasteiger partial charge in [0.1, 0.15) is 0 Å². The Kier molecular flexibility index (Phi) is 4.91. The van der Waals surface area contributed by atoms with E-state index in [4.69, 9.17) is 5.73 Å². The van der Waals surface area contributed by atoms with Crippen LogP contribution in [0, 0.1) is 6.92 Å². The van der Waals surface area contributed by atoms with Gasteiger partial charge in [0.2, 0.25) is 0 Å². The van der Waals surface area contributed by atoms with E-state index in [1.54, 1.807) is 0 Å². The van der Waals surface area contributed by atoms with E-state index >= 15 is 0 Å². The van der Waals surface area contributed by atoms with E-state index in [9.17, 15) is 0 Å². The van der Waals surface area contributed by atoms with Gasteiger partial charge in [-0.25, -0.2) is 0 Å². The molecular formula is C15H26N4. The number of pyridine rings is 1. The predicted molar refractivity (Wildman–Crippen MR) is 79.1 cm³/mol. The van der Waals surface area contributed by atoms with Crippen LogP contribution in [0.15, 0.2) is 18.5 Å². The van der Waals surface area contributed by atoms with Gasteiger partial charge >= 0.3 is 0 Å². The summed E-state index contributed by atoms with van der Waals surface area (Å²) >= 11 is 0. The second kappa shape index (κ2) is 6.46. The lowest BCUT2D eigenvalue weighted by Crippen LogP contribution is -2.45. The van der Waals surface area contributed by atoms with E-state index in [1.807, 2.05) is 12.4 Å². The molecule has 4 heteroatoms. The number of aromatic nitrogens is 1. The van der Waals surface area contributed by atoms with Crippen molar-refractivity contribution in [2.75, 3.05) is 33.7 Å². The highest BCUT2D eigenvalue weighted by molar-refractivity contribution is 5.25. The highest BCUT2D eigenvalue weighted by Gasteiger charge is 2.26. The third-order valence-corrected chi connectivity index (χ3v) is 4.33. The maximum atomic E-state index is 6.02. The molecule has 4 nitrogen and oxygen atoms in total. The summed E-state index contributed by atoms with van der Waals surface area (Å²) in [6.45, 7) is 5.06. The first-order chi connectivity index (χ1) is 9.13. The summed E-state index contributed by atoms with van der Waals surface area (Å²) in [4.78, 5) is 9.12. The molecule has 0 spiro atoms. The van der Waals surface area contributed by atoms with Crippen LogP contribution < -0.4 is 5.73 Å². The molecule has 2 heterocycles. The third kappa shape index (κ3) is 3.32. The van der Waals surface area contributed by atoms with E-state index in [0.717, 1.165) is 13.1 Å². The molecule has 106 valence electrons. The van der Waals surface area contributed by atoms with Gasteiger partial charge in [-0.1, -0.05) is 0 Å². The monoisotopic (exact) mass is 262 g/mol. The average Bonchev–Trinajstić information content (AvgIpc) is 2.42. The molecule has 0 aliphatic carbocycles. The molecule has 1 atom stereocenters. The topological polar surface area (TPSA) is 45.4 Å². The molecule has 0 radical (unpaired) electrons. The van der Waals surface area contributed by atoms with Crippen LogP contribution >= 0.6 is 0 Å². The molecule has 0 bridgehead atoms. The van der Waals surface area contributed by atoms with Gasteiger partial charge in [0.05, 0.1) is 0 Å². The Morgan fingerprint density at radius 1 is 1.42 bits per heavy atom. The number of aryl methyl sites for hydroxylation is 1. The van der Waals surface area contributed by atoms with Crippen LogP contribution in [0.25, 0.3) is 0 Å². The van der Waals surface area contributed by atoms with Crippen molar-refractivity contribution in [1.82, 2.24) is 14.8 Å². The van der Waals surface area contributed by atoms with Crippen LogP contribution in [0.2, 0.25) is 0 Å². The lowest BCUT2D eigenvalue weighted by molar-refractivity contribution is 0.110. The van der Waals surface area contributed by atoms with E-state index in [1.165, 1.54) is 24.0 Å². The zero-order valence-electron chi connectivity index (χ0n) is 12.3. The van der Waals surface area contributed by atoms with Crippen LogP contribution in [0.3, 0.4) is 0 Å². The third-order valence-electron chi connectivity index (χ3n) is 4.33. The molecule has 0 amide bonds. The van der Waals surface area contributed by atoms with E-state index in [-0.39, 0.29) is 0 Å². The Labute approximate surface area is 116 Å². The molecule has 1 unspecified atom stereocenters. The number of likely N-dealkylation sites (tertiary alicyclic amines) is 1. The smallest absolute Gasteiger partial charge is 0.0488 e. The van der Waals surface area contributed by atoms with E-state index in [2.05, 4.69) is 41.9 Å². The Morgan fingerprint density at radius 3 is 2.63 bits per heavy atom. The maximum Gasteiger partial charge on any atom is 0.0488 e. The fraction of sp³-hybridized carbons (Fsp3) is 0.667. The minimum Gasteiger partial charge on any atom is -0.329 e. The molecular weight excluding hydrogens is 236 g/mol. The van der Waals surface area contributed by atoms with E-state index in [0.29, 0.717) is 18.6 Å². The zero-order chi connectivity index (χ0) is 13.8. The second-order valence-electron chi connectivity index (χ2n) is 5.71. The van der Waals surface area contributed by atoms with Crippen LogP contribution in [0.4, 0.5) is 0 Å². The molecule has 1 aromatic heterocycles. The Morgan fingerprint density at radius 2 is 2.11 bits per heavy atom. The van der Waals surface area contributed by atoms with Gasteiger partial charge in [0.15, 0.2) is 0 Å². The minimum atomic E-state index is 0.316. The summed E-state index contributed by atoms with van der Waals surface area (Å²) in [5.74, 6) is 0. The van der Waals surface area contributed by atoms with Crippen molar-refractivity contribution in [3.05, 3.63) is 29.6 Å². The standard InChI is InChI=1S/C15H26N4/c1-12-4-7-17-11-14(12)15(10-16)19-8-5-13(6-9-19)18(2)3/h4,7,11,13,15H,5-6,8-10,16H2,1-3H3. The zero-order valence-corrected chi connectivity index (χ0v) is 12.3. The quantitative estimate of drug-likeness (QED) is 0.891. The molecule has 0 aromatic carbocycles. The molecule has 1 aliphatic rings. The fourth-order valence-corrected chi connectivity index (χ4v) is 3.01.